The molecule has 0 atom stereocenters. The number of nitrogens with zero attached hydrogens (tertiary/aromatic N) is 1. The van der Waals surface area contributed by atoms with Crippen LogP contribution in [0, 0.1) is 0 Å². The average molecular weight is 403 g/mol. The third-order valence-corrected chi connectivity index (χ3v) is 6.68. The van der Waals surface area contributed by atoms with Gasteiger partial charge in [-0.15, -0.1) is 0 Å². The largest absolute Gasteiger partial charge is 0.539 e. The third kappa shape index (κ3) is 2.46. The molecule has 0 aliphatic heterocycles. The van der Waals surface area contributed by atoms with E-state index in [-0.39, 0.29) is 13.1 Å². The van der Waals surface area contributed by atoms with Gasteiger partial charge < -0.3 is 14.2 Å². The Morgan fingerprint density at radius 1 is 0.774 bits per heavy atom. The summed E-state index contributed by atoms with van der Waals surface area (Å²) in [7, 11) is -0.325. The van der Waals surface area contributed by atoms with Crippen LogP contribution in [0.25, 0.3) is 38.6 Å². The van der Waals surface area contributed by atoms with Gasteiger partial charge in [0, 0.05) is 21.9 Å². The molecule has 1 aliphatic carbocycles. The lowest BCUT2D eigenvalue weighted by atomic mass is 9.81. The fraction of sp³-hybridized carbons (Fsp3) is 0.111. The summed E-state index contributed by atoms with van der Waals surface area (Å²) >= 11 is 0. The molecule has 6 rings (SSSR count). The van der Waals surface area contributed by atoms with Gasteiger partial charge in [-0.05, 0) is 52.6 Å². The second-order valence-corrected chi connectivity index (χ2v) is 8.67. The van der Waals surface area contributed by atoms with E-state index in [1.54, 1.807) is 0 Å². The Morgan fingerprint density at radius 2 is 1.52 bits per heavy atom. The van der Waals surface area contributed by atoms with Crippen molar-refractivity contribution < 1.29 is 9.68 Å². The summed E-state index contributed by atoms with van der Waals surface area (Å²) in [6, 6.07) is 29.9. The first-order valence-electron chi connectivity index (χ1n) is 10.6. The van der Waals surface area contributed by atoms with Crippen LogP contribution in [0.3, 0.4) is 0 Å². The van der Waals surface area contributed by atoms with Crippen molar-refractivity contribution in [3.05, 3.63) is 96.1 Å². The average Bonchev–Trinajstić information content (AvgIpc) is 3.25. The number of benzene rings is 4. The molecular formula is C27H22BNO2. The molecule has 1 heterocycles. The first-order valence-corrected chi connectivity index (χ1v) is 10.6. The quantitative estimate of drug-likeness (QED) is 0.391. The van der Waals surface area contributed by atoms with Crippen LogP contribution in [-0.2, 0) is 5.41 Å². The molecule has 1 aromatic heterocycles. The van der Waals surface area contributed by atoms with Gasteiger partial charge in [0.05, 0.1) is 11.0 Å². The topological polar surface area (TPSA) is 34.4 Å². The van der Waals surface area contributed by atoms with E-state index < -0.39 is 0 Å². The molecular weight excluding hydrogens is 381 g/mol. The summed E-state index contributed by atoms with van der Waals surface area (Å²) in [5.74, 6) is 0.657. The van der Waals surface area contributed by atoms with Crippen LogP contribution in [0.1, 0.15) is 25.0 Å². The van der Waals surface area contributed by atoms with Crippen LogP contribution in [0.15, 0.2) is 84.9 Å². The zero-order valence-corrected chi connectivity index (χ0v) is 17.6. The molecule has 0 spiro atoms. The van der Waals surface area contributed by atoms with Crippen molar-refractivity contribution in [3.8, 4) is 22.6 Å². The molecule has 31 heavy (non-hydrogen) atoms. The van der Waals surface area contributed by atoms with Crippen molar-refractivity contribution >= 4 is 29.5 Å². The first-order chi connectivity index (χ1) is 15.1. The highest BCUT2D eigenvalue weighted by Crippen LogP contribution is 2.52. The molecule has 0 saturated carbocycles. The summed E-state index contributed by atoms with van der Waals surface area (Å²) < 4.78 is 7.62. The molecule has 0 saturated heterocycles. The van der Waals surface area contributed by atoms with Gasteiger partial charge in [0.15, 0.2) is 0 Å². The maximum Gasteiger partial charge on any atom is 0.504 e. The van der Waals surface area contributed by atoms with Crippen LogP contribution in [0.5, 0.6) is 5.75 Å². The van der Waals surface area contributed by atoms with Crippen molar-refractivity contribution in [3.63, 3.8) is 0 Å². The van der Waals surface area contributed by atoms with Crippen LogP contribution in [0.4, 0.5) is 0 Å². The van der Waals surface area contributed by atoms with Gasteiger partial charge in [-0.25, -0.2) is 0 Å². The van der Waals surface area contributed by atoms with E-state index >= 15 is 0 Å². The van der Waals surface area contributed by atoms with Crippen LogP contribution in [-0.4, -0.2) is 17.3 Å². The van der Waals surface area contributed by atoms with Crippen molar-refractivity contribution in [1.29, 1.82) is 0 Å². The second-order valence-electron chi connectivity index (χ2n) is 8.67. The van der Waals surface area contributed by atoms with E-state index in [2.05, 4.69) is 91.2 Å². The predicted molar refractivity (Wildman–Crippen MR) is 128 cm³/mol. The molecule has 4 heteroatoms. The Balaban J connectivity index is 1.74. The molecule has 4 aromatic carbocycles. The molecule has 0 unspecified atom stereocenters. The van der Waals surface area contributed by atoms with Gasteiger partial charge in [-0.3, -0.25) is 0 Å². The number of aromatic nitrogens is 1. The van der Waals surface area contributed by atoms with Crippen LogP contribution >= 0.6 is 0 Å². The lowest BCUT2D eigenvalue weighted by molar-refractivity contribution is 0.454. The fourth-order valence-corrected chi connectivity index (χ4v) is 5.35. The summed E-state index contributed by atoms with van der Waals surface area (Å²) in [4.78, 5) is 0. The molecule has 1 N–H and O–H groups in total. The Bertz CT molecular complexity index is 1460. The molecule has 0 bridgehead atoms. The van der Waals surface area contributed by atoms with Gasteiger partial charge in [0.2, 0.25) is 0 Å². The number of rotatable bonds is 3. The highest BCUT2D eigenvalue weighted by Gasteiger charge is 2.38. The van der Waals surface area contributed by atoms with E-state index in [9.17, 15) is 0 Å². The van der Waals surface area contributed by atoms with Gasteiger partial charge in [0.25, 0.3) is 0 Å². The minimum Gasteiger partial charge on any atom is -0.539 e. The summed E-state index contributed by atoms with van der Waals surface area (Å²) in [5, 5.41) is 11.6. The van der Waals surface area contributed by atoms with Crippen molar-refractivity contribution in [2.75, 3.05) is 0 Å². The number of fused-ring (bicyclic) bond motifs is 7. The Labute approximate surface area is 181 Å². The van der Waals surface area contributed by atoms with Gasteiger partial charge in [-0.2, -0.15) is 0 Å². The predicted octanol–water partition coefficient (Wildman–Crippen LogP) is 5.73. The molecule has 3 nitrogen and oxygen atoms in total. The van der Waals surface area contributed by atoms with Crippen molar-refractivity contribution in [2.24, 2.45) is 0 Å². The van der Waals surface area contributed by atoms with E-state index in [1.807, 2.05) is 12.1 Å². The SMILES string of the molecule is CC1(C)c2ccccc2-c2ccc3c4ccccc4n(-c4ccc(OBO)cc4)c3c21. The smallest absolute Gasteiger partial charge is 0.504 e. The molecule has 0 amide bonds. The standard InChI is InChI=1S/C27H22BNO2/c1-27(2)23-9-5-3-7-19(23)21-15-16-22-20-8-4-6-10-24(20)29(26(22)25(21)27)17-11-13-18(14-12-17)31-28-30/h3-16,28,30H,1-2H3. The lowest BCUT2D eigenvalue weighted by Gasteiger charge is -2.23. The molecule has 1 aliphatic rings. The highest BCUT2D eigenvalue weighted by molar-refractivity contribution is 6.17. The monoisotopic (exact) mass is 403 g/mol. The summed E-state index contributed by atoms with van der Waals surface area (Å²) in [5.41, 5.74) is 8.82. The van der Waals surface area contributed by atoms with Crippen molar-refractivity contribution in [2.45, 2.75) is 19.3 Å². The maximum absolute atomic E-state index is 9.08. The highest BCUT2D eigenvalue weighted by atomic mass is 16.5. The van der Waals surface area contributed by atoms with Gasteiger partial charge in [-0.1, -0.05) is 68.4 Å². The first kappa shape index (κ1) is 18.3. The van der Waals surface area contributed by atoms with Crippen LogP contribution in [0.2, 0.25) is 0 Å². The minimum atomic E-state index is -0.325. The van der Waals surface area contributed by atoms with Gasteiger partial charge in [0.1, 0.15) is 5.75 Å². The third-order valence-electron chi connectivity index (χ3n) is 6.68. The van der Waals surface area contributed by atoms with Gasteiger partial charge >= 0.3 is 7.69 Å². The number of para-hydroxylation sites is 1. The zero-order valence-electron chi connectivity index (χ0n) is 17.6. The normalized spacial score (nSPS) is 13.9. The molecule has 5 aromatic rings. The Kier molecular flexibility index (Phi) is 3.83. The Hall–Kier alpha value is -3.50. The lowest BCUT2D eigenvalue weighted by Crippen LogP contribution is -2.16. The zero-order chi connectivity index (χ0) is 21.2. The maximum atomic E-state index is 9.08. The van der Waals surface area contributed by atoms with Crippen LogP contribution < -0.4 is 4.65 Å². The molecule has 150 valence electrons. The van der Waals surface area contributed by atoms with E-state index in [0.717, 1.165) is 5.69 Å². The van der Waals surface area contributed by atoms with E-state index in [0.29, 0.717) is 5.75 Å². The molecule has 0 radical (unpaired) electrons. The molecule has 0 fully saturated rings. The summed E-state index contributed by atoms with van der Waals surface area (Å²) in [6.07, 6.45) is 0. The number of hydrogen-bond donors (Lipinski definition) is 1. The van der Waals surface area contributed by atoms with E-state index in [4.69, 9.17) is 9.68 Å². The van der Waals surface area contributed by atoms with Crippen molar-refractivity contribution in [1.82, 2.24) is 4.57 Å². The number of hydrogen-bond acceptors (Lipinski definition) is 2. The second kappa shape index (κ2) is 6.50. The van der Waals surface area contributed by atoms with E-state index in [1.165, 1.54) is 44.1 Å². The summed E-state index contributed by atoms with van der Waals surface area (Å²) in [6.45, 7) is 4.66. The minimum absolute atomic E-state index is 0.0997. The Morgan fingerprint density at radius 3 is 2.32 bits per heavy atom. The fourth-order valence-electron chi connectivity index (χ4n) is 5.35.